The summed E-state index contributed by atoms with van der Waals surface area (Å²) in [5.41, 5.74) is 4.93. The predicted molar refractivity (Wildman–Crippen MR) is 82.1 cm³/mol. The van der Waals surface area contributed by atoms with Gasteiger partial charge >= 0.3 is 0 Å². The largest absolute Gasteiger partial charge is 0.306 e. The number of hydrogen-bond acceptors (Lipinski definition) is 2. The molecule has 2 aromatic rings. The first-order valence-electron chi connectivity index (χ1n) is 6.47. The third kappa shape index (κ3) is 3.25. The van der Waals surface area contributed by atoms with Gasteiger partial charge in [0, 0.05) is 35.4 Å². The SMILES string of the molecule is Cc1nn(C)c(C)c1CN[C@@H](C)c1ccc(Br)cc1. The molecule has 0 saturated carbocycles. The van der Waals surface area contributed by atoms with Gasteiger partial charge in [0.25, 0.3) is 0 Å². The van der Waals surface area contributed by atoms with Gasteiger partial charge in [0.1, 0.15) is 0 Å². The molecule has 0 aliphatic rings. The molecule has 19 heavy (non-hydrogen) atoms. The highest BCUT2D eigenvalue weighted by Gasteiger charge is 2.11. The van der Waals surface area contributed by atoms with Crippen molar-refractivity contribution in [3.63, 3.8) is 0 Å². The molecule has 4 heteroatoms. The molecule has 0 amide bonds. The summed E-state index contributed by atoms with van der Waals surface area (Å²) in [5.74, 6) is 0. The maximum atomic E-state index is 4.44. The molecular formula is C15H20BrN3. The minimum absolute atomic E-state index is 0.326. The van der Waals surface area contributed by atoms with Crippen LogP contribution in [0.1, 0.15) is 35.5 Å². The molecule has 1 aromatic carbocycles. The van der Waals surface area contributed by atoms with Gasteiger partial charge in [-0.2, -0.15) is 5.10 Å². The van der Waals surface area contributed by atoms with E-state index in [4.69, 9.17) is 0 Å². The second kappa shape index (κ2) is 5.88. The summed E-state index contributed by atoms with van der Waals surface area (Å²) in [6, 6.07) is 8.77. The van der Waals surface area contributed by atoms with Gasteiger partial charge in [-0.1, -0.05) is 28.1 Å². The lowest BCUT2D eigenvalue weighted by Crippen LogP contribution is -2.18. The Kier molecular flexibility index (Phi) is 4.42. The van der Waals surface area contributed by atoms with E-state index in [0.717, 1.165) is 16.7 Å². The van der Waals surface area contributed by atoms with Crippen molar-refractivity contribution in [2.24, 2.45) is 7.05 Å². The van der Waals surface area contributed by atoms with E-state index < -0.39 is 0 Å². The summed E-state index contributed by atoms with van der Waals surface area (Å²) in [5, 5.41) is 8.00. The molecule has 1 atom stereocenters. The summed E-state index contributed by atoms with van der Waals surface area (Å²) in [7, 11) is 1.99. The van der Waals surface area contributed by atoms with Gasteiger partial charge in [-0.05, 0) is 38.5 Å². The first-order chi connectivity index (χ1) is 8.99. The standard InChI is InChI=1S/C15H20BrN3/c1-10(13-5-7-14(16)8-6-13)17-9-15-11(2)18-19(4)12(15)3/h5-8,10,17H,9H2,1-4H3/t10-/m0/s1. The minimum atomic E-state index is 0.326. The average Bonchev–Trinajstić information content (AvgIpc) is 2.62. The van der Waals surface area contributed by atoms with E-state index in [0.29, 0.717) is 6.04 Å². The first kappa shape index (κ1) is 14.3. The van der Waals surface area contributed by atoms with Crippen LogP contribution < -0.4 is 5.32 Å². The van der Waals surface area contributed by atoms with Crippen LogP contribution in [-0.4, -0.2) is 9.78 Å². The second-order valence-corrected chi connectivity index (χ2v) is 5.84. The highest BCUT2D eigenvalue weighted by atomic mass is 79.9. The predicted octanol–water partition coefficient (Wildman–Crippen LogP) is 3.65. The topological polar surface area (TPSA) is 29.9 Å². The van der Waals surface area contributed by atoms with E-state index in [-0.39, 0.29) is 0 Å². The quantitative estimate of drug-likeness (QED) is 0.931. The van der Waals surface area contributed by atoms with Gasteiger partial charge in [0.05, 0.1) is 5.69 Å². The third-order valence-corrected chi connectivity index (χ3v) is 4.14. The molecule has 1 N–H and O–H groups in total. The highest BCUT2D eigenvalue weighted by Crippen LogP contribution is 2.18. The number of nitrogens with one attached hydrogen (secondary N) is 1. The van der Waals surface area contributed by atoms with Crippen molar-refractivity contribution in [2.75, 3.05) is 0 Å². The van der Waals surface area contributed by atoms with Gasteiger partial charge in [0.2, 0.25) is 0 Å². The van der Waals surface area contributed by atoms with Crippen molar-refractivity contribution in [1.29, 1.82) is 0 Å². The number of hydrogen-bond donors (Lipinski definition) is 1. The Morgan fingerprint density at radius 2 is 1.89 bits per heavy atom. The molecule has 0 saturated heterocycles. The molecule has 0 bridgehead atoms. The zero-order chi connectivity index (χ0) is 14.0. The second-order valence-electron chi connectivity index (χ2n) is 4.93. The van der Waals surface area contributed by atoms with E-state index in [1.165, 1.54) is 16.8 Å². The average molecular weight is 322 g/mol. The molecular weight excluding hydrogens is 302 g/mol. The minimum Gasteiger partial charge on any atom is -0.306 e. The fraction of sp³-hybridized carbons (Fsp3) is 0.400. The molecule has 3 nitrogen and oxygen atoms in total. The van der Waals surface area contributed by atoms with E-state index >= 15 is 0 Å². The summed E-state index contributed by atoms with van der Waals surface area (Å²) in [6.45, 7) is 7.21. The molecule has 0 aliphatic carbocycles. The highest BCUT2D eigenvalue weighted by molar-refractivity contribution is 9.10. The fourth-order valence-corrected chi connectivity index (χ4v) is 2.46. The monoisotopic (exact) mass is 321 g/mol. The smallest absolute Gasteiger partial charge is 0.0641 e. The van der Waals surface area contributed by atoms with Crippen molar-refractivity contribution >= 4 is 15.9 Å². The number of halogens is 1. The molecule has 1 aromatic heterocycles. The maximum absolute atomic E-state index is 4.44. The summed E-state index contributed by atoms with van der Waals surface area (Å²) >= 11 is 3.46. The Hall–Kier alpha value is -1.13. The van der Waals surface area contributed by atoms with Crippen LogP contribution in [0.5, 0.6) is 0 Å². The number of aromatic nitrogens is 2. The van der Waals surface area contributed by atoms with Gasteiger partial charge in [-0.25, -0.2) is 0 Å². The van der Waals surface area contributed by atoms with Gasteiger partial charge in [-0.3, -0.25) is 4.68 Å². The molecule has 102 valence electrons. The van der Waals surface area contributed by atoms with E-state index in [1.54, 1.807) is 0 Å². The molecule has 0 radical (unpaired) electrons. The van der Waals surface area contributed by atoms with Crippen LogP contribution in [0.4, 0.5) is 0 Å². The van der Waals surface area contributed by atoms with Crippen molar-refractivity contribution in [1.82, 2.24) is 15.1 Å². The van der Waals surface area contributed by atoms with Crippen LogP contribution in [0, 0.1) is 13.8 Å². The lowest BCUT2D eigenvalue weighted by atomic mass is 10.1. The molecule has 2 rings (SSSR count). The van der Waals surface area contributed by atoms with Gasteiger partial charge in [-0.15, -0.1) is 0 Å². The summed E-state index contributed by atoms with van der Waals surface area (Å²) in [6.07, 6.45) is 0. The van der Waals surface area contributed by atoms with Crippen LogP contribution in [0.3, 0.4) is 0 Å². The molecule has 0 spiro atoms. The maximum Gasteiger partial charge on any atom is 0.0641 e. The lowest BCUT2D eigenvalue weighted by Gasteiger charge is -2.14. The number of aryl methyl sites for hydroxylation is 2. The zero-order valence-corrected chi connectivity index (χ0v) is 13.5. The number of rotatable bonds is 4. The van der Waals surface area contributed by atoms with Crippen LogP contribution >= 0.6 is 15.9 Å². The van der Waals surface area contributed by atoms with Gasteiger partial charge < -0.3 is 5.32 Å². The Morgan fingerprint density at radius 1 is 1.26 bits per heavy atom. The Labute approximate surface area is 123 Å². The molecule has 0 aliphatic heterocycles. The first-order valence-corrected chi connectivity index (χ1v) is 7.26. The van der Waals surface area contributed by atoms with Gasteiger partial charge in [0.15, 0.2) is 0 Å². The van der Waals surface area contributed by atoms with E-state index in [1.807, 2.05) is 11.7 Å². The van der Waals surface area contributed by atoms with Crippen LogP contribution in [-0.2, 0) is 13.6 Å². The molecule has 0 fully saturated rings. The van der Waals surface area contributed by atoms with Crippen LogP contribution in [0.15, 0.2) is 28.7 Å². The van der Waals surface area contributed by atoms with Crippen LogP contribution in [0.25, 0.3) is 0 Å². The van der Waals surface area contributed by atoms with Crippen molar-refractivity contribution in [3.05, 3.63) is 51.3 Å². The molecule has 1 heterocycles. The van der Waals surface area contributed by atoms with Crippen molar-refractivity contribution in [2.45, 2.75) is 33.4 Å². The lowest BCUT2D eigenvalue weighted by molar-refractivity contribution is 0.571. The third-order valence-electron chi connectivity index (χ3n) is 3.61. The Balaban J connectivity index is 2.04. The summed E-state index contributed by atoms with van der Waals surface area (Å²) < 4.78 is 3.05. The number of benzene rings is 1. The normalized spacial score (nSPS) is 12.7. The van der Waals surface area contributed by atoms with Crippen LogP contribution in [0.2, 0.25) is 0 Å². The van der Waals surface area contributed by atoms with Crippen molar-refractivity contribution < 1.29 is 0 Å². The van der Waals surface area contributed by atoms with E-state index in [9.17, 15) is 0 Å². The van der Waals surface area contributed by atoms with Crippen molar-refractivity contribution in [3.8, 4) is 0 Å². The zero-order valence-electron chi connectivity index (χ0n) is 11.9. The number of nitrogens with zero attached hydrogens (tertiary/aromatic N) is 2. The Bertz CT molecular complexity index is 558. The molecule has 0 unspecified atom stereocenters. The fourth-order valence-electron chi connectivity index (χ4n) is 2.20. The Morgan fingerprint density at radius 3 is 2.42 bits per heavy atom. The van der Waals surface area contributed by atoms with E-state index in [2.05, 4.69) is 71.4 Å². The summed E-state index contributed by atoms with van der Waals surface area (Å²) in [4.78, 5) is 0.